The number of amidine groups is 1. The Bertz CT molecular complexity index is 2840. The van der Waals surface area contributed by atoms with Crippen molar-refractivity contribution in [2.45, 2.75) is 63.8 Å². The summed E-state index contributed by atoms with van der Waals surface area (Å²) < 4.78 is 6.61. The molecule has 0 saturated heterocycles. The van der Waals surface area contributed by atoms with E-state index in [0.29, 0.717) is 5.84 Å². The fourth-order valence-corrected chi connectivity index (χ4v) is 9.32. The average molecular weight is 766 g/mol. The van der Waals surface area contributed by atoms with Crippen LogP contribution in [0.5, 0.6) is 11.5 Å². The average Bonchev–Trinajstić information content (AvgIpc) is 3.53. The zero-order valence-electron chi connectivity index (χ0n) is 34.5. The lowest BCUT2D eigenvalue weighted by atomic mass is 9.66. The van der Waals surface area contributed by atoms with Crippen LogP contribution >= 0.6 is 0 Å². The van der Waals surface area contributed by atoms with Gasteiger partial charge in [0.15, 0.2) is 5.84 Å². The van der Waals surface area contributed by atoms with Crippen LogP contribution < -0.4 is 4.74 Å². The third kappa shape index (κ3) is 5.84. The third-order valence-corrected chi connectivity index (χ3v) is 12.2. The van der Waals surface area contributed by atoms with E-state index in [4.69, 9.17) is 26.3 Å². The summed E-state index contributed by atoms with van der Waals surface area (Å²) in [5, 5.41) is 0. The second-order valence-corrected chi connectivity index (χ2v) is 18.1. The summed E-state index contributed by atoms with van der Waals surface area (Å²) in [6, 6.07) is 55.8. The molecule has 0 amide bonds. The zero-order chi connectivity index (χ0) is 40.7. The van der Waals surface area contributed by atoms with Gasteiger partial charge in [0.2, 0.25) is 0 Å². The smallest absolute Gasteiger partial charge is 0.156 e. The number of fused-ring (bicyclic) bond motifs is 9. The van der Waals surface area contributed by atoms with Crippen LogP contribution in [0, 0.1) is 0 Å². The number of benzene rings is 6. The molecule has 7 aromatic rings. The molecule has 1 unspecified atom stereocenters. The largest absolute Gasteiger partial charge is 0.457 e. The van der Waals surface area contributed by atoms with Crippen molar-refractivity contribution in [3.8, 4) is 33.8 Å². The molecule has 0 saturated carbocycles. The highest BCUT2D eigenvalue weighted by Gasteiger charge is 2.51. The lowest BCUT2D eigenvalue weighted by molar-refractivity contribution is 0.436. The molecule has 6 aromatic carbocycles. The predicted molar refractivity (Wildman–Crippen MR) is 242 cm³/mol. The molecule has 1 atom stereocenters. The Labute approximate surface area is 347 Å². The van der Waals surface area contributed by atoms with Crippen molar-refractivity contribution in [2.75, 3.05) is 0 Å². The molecule has 288 valence electrons. The number of aliphatic imine (C=N–C) groups is 2. The molecule has 1 spiro atoms. The second kappa shape index (κ2) is 13.5. The van der Waals surface area contributed by atoms with Crippen LogP contribution in [0.15, 0.2) is 180 Å². The fourth-order valence-electron chi connectivity index (χ4n) is 9.32. The van der Waals surface area contributed by atoms with E-state index in [-0.39, 0.29) is 16.9 Å². The van der Waals surface area contributed by atoms with E-state index in [2.05, 4.69) is 181 Å². The van der Waals surface area contributed by atoms with E-state index in [1.807, 2.05) is 18.2 Å². The quantitative estimate of drug-likeness (QED) is 0.179. The van der Waals surface area contributed by atoms with E-state index in [9.17, 15) is 0 Å². The van der Waals surface area contributed by atoms with Gasteiger partial charge in [-0.2, -0.15) is 0 Å². The number of hydrogen-bond donors (Lipinski definition) is 0. The zero-order valence-corrected chi connectivity index (χ0v) is 34.5. The topological polar surface area (TPSA) is 46.8 Å². The van der Waals surface area contributed by atoms with E-state index in [1.165, 1.54) is 22.3 Å². The van der Waals surface area contributed by atoms with Crippen molar-refractivity contribution in [3.63, 3.8) is 0 Å². The lowest BCUT2D eigenvalue weighted by Gasteiger charge is -2.39. The number of aromatic nitrogens is 1. The summed E-state index contributed by atoms with van der Waals surface area (Å²) in [6.45, 7) is 18.1. The monoisotopic (exact) mass is 765 g/mol. The first kappa shape index (κ1) is 36.7. The molecule has 0 N–H and O–H groups in total. The standard InChI is InChI=1S/C55H47N3O/c1-34-49(36-27-25-35(26-28-36)39-31-32-48(53(2,3)4)56-51(39)54(5,6)7)57-52(37-17-9-8-10-18-37)58-50(34)38-29-30-41-40-19-11-12-20-42(40)55(45(41)33-38)43-21-13-15-23-46(43)59-47-24-16-14-22-44(47)55/h8-33,50H,1H2,2-7H3. The van der Waals surface area contributed by atoms with Gasteiger partial charge in [0.25, 0.3) is 0 Å². The van der Waals surface area contributed by atoms with Gasteiger partial charge in [-0.05, 0) is 51.6 Å². The Balaban J connectivity index is 1.11. The SMILES string of the molecule is C=C1C(c2ccc(-c3ccc(C(C)(C)C)nc3C(C)(C)C)cc2)=NC(c2ccccc2)=NC1c1ccc2c(c1)C1(c3ccccc3Oc3ccccc31)c1ccccc1-2. The van der Waals surface area contributed by atoms with Crippen molar-refractivity contribution in [1.82, 2.24) is 4.98 Å². The summed E-state index contributed by atoms with van der Waals surface area (Å²) in [4.78, 5) is 15.9. The van der Waals surface area contributed by atoms with Gasteiger partial charge in [0, 0.05) is 49.9 Å². The van der Waals surface area contributed by atoms with Gasteiger partial charge in [0.05, 0.1) is 16.8 Å². The van der Waals surface area contributed by atoms with E-state index in [0.717, 1.165) is 73.1 Å². The predicted octanol–water partition coefficient (Wildman–Crippen LogP) is 13.4. The molecule has 0 fully saturated rings. The molecule has 1 aliphatic carbocycles. The molecule has 1 aromatic heterocycles. The molecule has 0 radical (unpaired) electrons. The molecular formula is C55H47N3O. The summed E-state index contributed by atoms with van der Waals surface area (Å²) in [5.74, 6) is 2.44. The first-order valence-electron chi connectivity index (χ1n) is 20.6. The van der Waals surface area contributed by atoms with E-state index < -0.39 is 5.41 Å². The van der Waals surface area contributed by atoms with E-state index >= 15 is 0 Å². The summed E-state index contributed by atoms with van der Waals surface area (Å²) in [6.07, 6.45) is 0. The lowest BCUT2D eigenvalue weighted by Crippen LogP contribution is -2.32. The molecule has 10 rings (SSSR count). The van der Waals surface area contributed by atoms with E-state index in [1.54, 1.807) is 0 Å². The minimum absolute atomic E-state index is 0.0420. The number of para-hydroxylation sites is 2. The van der Waals surface area contributed by atoms with Gasteiger partial charge in [-0.15, -0.1) is 0 Å². The maximum absolute atomic E-state index is 6.61. The van der Waals surface area contributed by atoms with Crippen molar-refractivity contribution in [1.29, 1.82) is 0 Å². The van der Waals surface area contributed by atoms with Gasteiger partial charge in [-0.1, -0.05) is 188 Å². The van der Waals surface area contributed by atoms with Crippen molar-refractivity contribution in [3.05, 3.63) is 220 Å². The Morgan fingerprint density at radius 3 is 1.76 bits per heavy atom. The second-order valence-electron chi connectivity index (χ2n) is 18.1. The van der Waals surface area contributed by atoms with Crippen LogP contribution in [0.1, 0.15) is 97.9 Å². The van der Waals surface area contributed by atoms with Gasteiger partial charge in [0.1, 0.15) is 17.5 Å². The van der Waals surface area contributed by atoms with Gasteiger partial charge in [-0.25, -0.2) is 4.99 Å². The van der Waals surface area contributed by atoms with Crippen LogP contribution in [-0.4, -0.2) is 16.5 Å². The number of ether oxygens (including phenoxy) is 1. The molecular weight excluding hydrogens is 719 g/mol. The Hall–Kier alpha value is -6.65. The summed E-state index contributed by atoms with van der Waals surface area (Å²) in [5.41, 5.74) is 15.7. The molecule has 2 aliphatic heterocycles. The molecule has 3 aliphatic rings. The first-order valence-corrected chi connectivity index (χ1v) is 20.6. The summed E-state index contributed by atoms with van der Waals surface area (Å²) in [7, 11) is 0. The first-order chi connectivity index (χ1) is 28.4. The Morgan fingerprint density at radius 2 is 1.10 bits per heavy atom. The number of nitrogens with zero attached hydrogens (tertiary/aromatic N) is 3. The highest BCUT2D eigenvalue weighted by atomic mass is 16.5. The van der Waals surface area contributed by atoms with Gasteiger partial charge < -0.3 is 4.74 Å². The number of rotatable bonds is 4. The Morgan fingerprint density at radius 1 is 0.525 bits per heavy atom. The fraction of sp³-hybridized carbons (Fsp3) is 0.182. The minimum atomic E-state index is -0.575. The minimum Gasteiger partial charge on any atom is -0.457 e. The third-order valence-electron chi connectivity index (χ3n) is 12.2. The van der Waals surface area contributed by atoms with Crippen molar-refractivity contribution >= 4 is 11.5 Å². The maximum Gasteiger partial charge on any atom is 0.156 e. The number of hydrogen-bond acceptors (Lipinski definition) is 4. The van der Waals surface area contributed by atoms with Crippen LogP contribution in [0.2, 0.25) is 0 Å². The summed E-state index contributed by atoms with van der Waals surface area (Å²) >= 11 is 0. The number of pyridine rings is 1. The van der Waals surface area contributed by atoms with Crippen LogP contribution in [-0.2, 0) is 16.2 Å². The normalized spacial score (nSPS) is 16.3. The molecule has 3 heterocycles. The van der Waals surface area contributed by atoms with Crippen molar-refractivity contribution < 1.29 is 4.74 Å². The molecule has 59 heavy (non-hydrogen) atoms. The highest BCUT2D eigenvalue weighted by Crippen LogP contribution is 2.62. The molecule has 0 bridgehead atoms. The van der Waals surface area contributed by atoms with Gasteiger partial charge in [-0.3, -0.25) is 9.98 Å². The Kier molecular flexibility index (Phi) is 8.37. The van der Waals surface area contributed by atoms with Crippen molar-refractivity contribution in [2.24, 2.45) is 9.98 Å². The van der Waals surface area contributed by atoms with Crippen LogP contribution in [0.3, 0.4) is 0 Å². The van der Waals surface area contributed by atoms with Crippen LogP contribution in [0.25, 0.3) is 22.3 Å². The molecule has 4 nitrogen and oxygen atoms in total. The maximum atomic E-state index is 6.61. The highest BCUT2D eigenvalue weighted by molar-refractivity contribution is 6.21. The van der Waals surface area contributed by atoms with Crippen LogP contribution in [0.4, 0.5) is 0 Å². The van der Waals surface area contributed by atoms with Gasteiger partial charge >= 0.3 is 0 Å². The molecule has 4 heteroatoms.